The smallest absolute Gasteiger partial charge is 0.254 e. The lowest BCUT2D eigenvalue weighted by molar-refractivity contribution is -0.133. The van der Waals surface area contributed by atoms with Gasteiger partial charge in [-0.3, -0.25) is 14.9 Å². The molecule has 0 bridgehead atoms. The van der Waals surface area contributed by atoms with E-state index in [4.69, 9.17) is 0 Å². The third kappa shape index (κ3) is 4.84. The van der Waals surface area contributed by atoms with Gasteiger partial charge < -0.3 is 10.4 Å². The van der Waals surface area contributed by atoms with Crippen LogP contribution in [0.25, 0.3) is 0 Å². The Labute approximate surface area is 144 Å². The average Bonchev–Trinajstić information content (AvgIpc) is 2.99. The van der Waals surface area contributed by atoms with Crippen LogP contribution in [0.2, 0.25) is 0 Å². The van der Waals surface area contributed by atoms with Crippen LogP contribution in [0.4, 0.5) is 5.13 Å². The van der Waals surface area contributed by atoms with E-state index in [9.17, 15) is 14.7 Å². The van der Waals surface area contributed by atoms with Crippen LogP contribution >= 0.6 is 11.3 Å². The molecule has 2 atom stereocenters. The summed E-state index contributed by atoms with van der Waals surface area (Å²) in [6.07, 6.45) is -0.159. The summed E-state index contributed by atoms with van der Waals surface area (Å²) < 4.78 is 0. The van der Waals surface area contributed by atoms with E-state index in [2.05, 4.69) is 20.8 Å². The quantitative estimate of drug-likeness (QED) is 0.708. The molecule has 2 amide bonds. The highest BCUT2D eigenvalue weighted by molar-refractivity contribution is 7.15. The second-order valence-electron chi connectivity index (χ2n) is 5.28. The highest BCUT2D eigenvalue weighted by Crippen LogP contribution is 2.16. The number of nitrogens with one attached hydrogen (secondary N) is 2. The second kappa shape index (κ2) is 8.51. The molecule has 0 spiro atoms. The number of carbonyl (C=O) groups is 2. The van der Waals surface area contributed by atoms with Crippen molar-refractivity contribution in [1.29, 1.82) is 0 Å². The molecule has 1 aromatic heterocycles. The van der Waals surface area contributed by atoms with E-state index in [-0.39, 0.29) is 5.91 Å². The topological polar surface area (TPSA) is 104 Å². The van der Waals surface area contributed by atoms with Gasteiger partial charge in [-0.05, 0) is 18.9 Å². The van der Waals surface area contributed by atoms with Crippen LogP contribution in [-0.2, 0) is 9.59 Å². The number of nitrogens with zero attached hydrogens (tertiary/aromatic N) is 2. The summed E-state index contributed by atoms with van der Waals surface area (Å²) in [7, 11) is 0. The largest absolute Gasteiger partial charge is 0.378 e. The van der Waals surface area contributed by atoms with Crippen LogP contribution in [-0.4, -0.2) is 33.2 Å². The SMILES string of the molecule is CCCC(NC(=O)[C@H](O)c1ccccc1)C(=O)Nc1nnc(C)s1. The number of aromatic nitrogens is 2. The summed E-state index contributed by atoms with van der Waals surface area (Å²) in [6, 6.07) is 7.84. The van der Waals surface area contributed by atoms with Gasteiger partial charge in [0, 0.05) is 0 Å². The third-order valence-electron chi connectivity index (χ3n) is 3.33. The molecular weight excluding hydrogens is 328 g/mol. The molecule has 0 saturated carbocycles. The van der Waals surface area contributed by atoms with Crippen molar-refractivity contribution in [2.45, 2.75) is 38.8 Å². The maximum absolute atomic E-state index is 12.3. The molecule has 0 aliphatic carbocycles. The molecule has 0 fully saturated rings. The van der Waals surface area contributed by atoms with E-state index in [0.717, 1.165) is 5.01 Å². The van der Waals surface area contributed by atoms with Crippen molar-refractivity contribution < 1.29 is 14.7 Å². The van der Waals surface area contributed by atoms with E-state index in [1.54, 1.807) is 37.3 Å². The van der Waals surface area contributed by atoms with Crippen molar-refractivity contribution in [3.63, 3.8) is 0 Å². The van der Waals surface area contributed by atoms with Gasteiger partial charge in [0.1, 0.15) is 11.0 Å². The number of hydrogen-bond donors (Lipinski definition) is 3. The molecule has 1 unspecified atom stereocenters. The fraction of sp³-hybridized carbons (Fsp3) is 0.375. The normalized spacial score (nSPS) is 13.1. The van der Waals surface area contributed by atoms with Gasteiger partial charge in [0.05, 0.1) is 0 Å². The van der Waals surface area contributed by atoms with Gasteiger partial charge in [0.2, 0.25) is 11.0 Å². The monoisotopic (exact) mass is 348 g/mol. The van der Waals surface area contributed by atoms with Crippen LogP contribution < -0.4 is 10.6 Å². The number of amides is 2. The Morgan fingerprint density at radius 2 is 1.92 bits per heavy atom. The average molecular weight is 348 g/mol. The van der Waals surface area contributed by atoms with Gasteiger partial charge in [-0.1, -0.05) is 55.0 Å². The van der Waals surface area contributed by atoms with Crippen molar-refractivity contribution in [3.05, 3.63) is 40.9 Å². The number of aliphatic hydroxyl groups excluding tert-OH is 1. The number of carbonyl (C=O) groups excluding carboxylic acids is 2. The van der Waals surface area contributed by atoms with Crippen molar-refractivity contribution in [3.8, 4) is 0 Å². The zero-order chi connectivity index (χ0) is 17.5. The maximum atomic E-state index is 12.3. The number of benzene rings is 1. The van der Waals surface area contributed by atoms with Crippen molar-refractivity contribution in [2.75, 3.05) is 5.32 Å². The van der Waals surface area contributed by atoms with Gasteiger partial charge in [-0.15, -0.1) is 10.2 Å². The molecule has 2 rings (SSSR count). The predicted octanol–water partition coefficient (Wildman–Crippen LogP) is 1.80. The highest BCUT2D eigenvalue weighted by atomic mass is 32.1. The van der Waals surface area contributed by atoms with Gasteiger partial charge in [0.25, 0.3) is 5.91 Å². The van der Waals surface area contributed by atoms with E-state index >= 15 is 0 Å². The lowest BCUT2D eigenvalue weighted by atomic mass is 10.1. The van der Waals surface area contributed by atoms with Crippen molar-refractivity contribution >= 4 is 28.3 Å². The lowest BCUT2D eigenvalue weighted by Crippen LogP contribution is -2.45. The minimum Gasteiger partial charge on any atom is -0.378 e. The molecule has 7 nitrogen and oxygen atoms in total. The molecule has 2 aromatic rings. The van der Waals surface area contributed by atoms with Crippen LogP contribution in [0.3, 0.4) is 0 Å². The predicted molar refractivity (Wildman–Crippen MR) is 91.5 cm³/mol. The second-order valence-corrected chi connectivity index (χ2v) is 6.46. The summed E-state index contributed by atoms with van der Waals surface area (Å²) in [6.45, 7) is 3.70. The molecule has 0 saturated heterocycles. The molecular formula is C16H20N4O3S. The molecule has 24 heavy (non-hydrogen) atoms. The van der Waals surface area contributed by atoms with Crippen molar-refractivity contribution in [2.24, 2.45) is 0 Å². The van der Waals surface area contributed by atoms with Gasteiger partial charge in [0.15, 0.2) is 6.10 Å². The zero-order valence-corrected chi connectivity index (χ0v) is 14.3. The number of anilines is 1. The first kappa shape index (κ1) is 18.0. The minimum atomic E-state index is -1.32. The third-order valence-corrected chi connectivity index (χ3v) is 4.08. The van der Waals surface area contributed by atoms with Gasteiger partial charge in [-0.25, -0.2) is 0 Å². The number of rotatable bonds is 7. The van der Waals surface area contributed by atoms with Gasteiger partial charge in [-0.2, -0.15) is 0 Å². The van der Waals surface area contributed by atoms with Crippen LogP contribution in [0.1, 0.15) is 36.4 Å². The molecule has 3 N–H and O–H groups in total. The summed E-state index contributed by atoms with van der Waals surface area (Å²) >= 11 is 1.26. The van der Waals surface area contributed by atoms with Crippen LogP contribution in [0, 0.1) is 6.92 Å². The highest BCUT2D eigenvalue weighted by Gasteiger charge is 2.25. The van der Waals surface area contributed by atoms with Crippen LogP contribution in [0.15, 0.2) is 30.3 Å². The Kier molecular flexibility index (Phi) is 6.39. The Morgan fingerprint density at radius 1 is 1.21 bits per heavy atom. The van der Waals surface area contributed by atoms with Gasteiger partial charge >= 0.3 is 0 Å². The molecule has 1 heterocycles. The summed E-state index contributed by atoms with van der Waals surface area (Å²) in [4.78, 5) is 24.6. The Hall–Kier alpha value is -2.32. The first-order valence-electron chi connectivity index (χ1n) is 7.65. The number of aryl methyl sites for hydroxylation is 1. The molecule has 8 heteroatoms. The fourth-order valence-corrected chi connectivity index (χ4v) is 2.73. The number of aliphatic hydroxyl groups is 1. The fourth-order valence-electron chi connectivity index (χ4n) is 2.13. The van der Waals surface area contributed by atoms with Crippen molar-refractivity contribution in [1.82, 2.24) is 15.5 Å². The standard InChI is InChI=1S/C16H20N4O3S/c1-3-7-12(14(22)18-16-20-19-10(2)24-16)17-15(23)13(21)11-8-5-4-6-9-11/h4-6,8-9,12-13,21H,3,7H2,1-2H3,(H,17,23)(H,18,20,22)/t12?,13-/m1/s1. The Balaban J connectivity index is 2.01. The molecule has 128 valence electrons. The number of hydrogen-bond acceptors (Lipinski definition) is 6. The van der Waals surface area contributed by atoms with Crippen LogP contribution in [0.5, 0.6) is 0 Å². The Bertz CT molecular complexity index is 690. The first-order valence-corrected chi connectivity index (χ1v) is 8.47. The maximum Gasteiger partial charge on any atom is 0.254 e. The molecule has 0 aliphatic rings. The van der Waals surface area contributed by atoms with E-state index in [1.807, 2.05) is 6.92 Å². The summed E-state index contributed by atoms with van der Waals surface area (Å²) in [5, 5.41) is 24.1. The molecule has 1 aromatic carbocycles. The Morgan fingerprint density at radius 3 is 2.50 bits per heavy atom. The van der Waals surface area contributed by atoms with E-state index in [1.165, 1.54) is 11.3 Å². The van der Waals surface area contributed by atoms with E-state index in [0.29, 0.717) is 23.5 Å². The molecule has 0 aliphatic heterocycles. The summed E-state index contributed by atoms with van der Waals surface area (Å²) in [5.74, 6) is -0.982. The minimum absolute atomic E-state index is 0.374. The first-order chi connectivity index (χ1) is 11.5. The zero-order valence-electron chi connectivity index (χ0n) is 13.5. The van der Waals surface area contributed by atoms with E-state index < -0.39 is 18.1 Å². The molecule has 0 radical (unpaired) electrons. The summed E-state index contributed by atoms with van der Waals surface area (Å²) in [5.41, 5.74) is 0.477. The lowest BCUT2D eigenvalue weighted by Gasteiger charge is -2.19.